The van der Waals surface area contributed by atoms with Crippen LogP contribution in [0, 0.1) is 0 Å². The van der Waals surface area contributed by atoms with E-state index in [2.05, 4.69) is 15.4 Å². The van der Waals surface area contributed by atoms with E-state index >= 15 is 0 Å². The first-order valence-corrected chi connectivity index (χ1v) is 9.53. The second kappa shape index (κ2) is 7.35. The van der Waals surface area contributed by atoms with Gasteiger partial charge >= 0.3 is 0 Å². The standard InChI is InChI=1S/C19H17N5O3S/c1-27-12-8-6-11(7-9-12)16-18(26)22-17-13-4-2-3-5-14(13)21-19(24(17)23-16)28-10-15(20)25/h2-9,19,21H,10H2,1H3,(H2,20,25)/t19-/m0/s1. The third kappa shape index (κ3) is 3.31. The van der Waals surface area contributed by atoms with Gasteiger partial charge in [0.25, 0.3) is 5.56 Å². The van der Waals surface area contributed by atoms with Crippen molar-refractivity contribution in [1.82, 2.24) is 14.8 Å². The summed E-state index contributed by atoms with van der Waals surface area (Å²) in [5.41, 5.74) is 6.88. The third-order valence-electron chi connectivity index (χ3n) is 4.25. The molecule has 0 unspecified atom stereocenters. The summed E-state index contributed by atoms with van der Waals surface area (Å²) in [6.07, 6.45) is 0. The molecule has 8 nitrogen and oxygen atoms in total. The van der Waals surface area contributed by atoms with E-state index in [9.17, 15) is 9.59 Å². The number of methoxy groups -OCH3 is 1. The number of rotatable bonds is 5. The topological polar surface area (TPSA) is 112 Å². The van der Waals surface area contributed by atoms with Gasteiger partial charge in [-0.05, 0) is 36.4 Å². The first kappa shape index (κ1) is 18.1. The molecule has 0 saturated carbocycles. The van der Waals surface area contributed by atoms with Crippen molar-refractivity contribution in [3.8, 4) is 28.4 Å². The van der Waals surface area contributed by atoms with Crippen molar-refractivity contribution in [2.24, 2.45) is 5.73 Å². The lowest BCUT2D eigenvalue weighted by atomic mass is 10.1. The molecule has 2 aromatic carbocycles. The highest BCUT2D eigenvalue weighted by Gasteiger charge is 2.27. The van der Waals surface area contributed by atoms with Crippen molar-refractivity contribution in [3.05, 3.63) is 58.9 Å². The Morgan fingerprint density at radius 2 is 2.00 bits per heavy atom. The van der Waals surface area contributed by atoms with Crippen molar-refractivity contribution in [3.63, 3.8) is 0 Å². The summed E-state index contributed by atoms with van der Waals surface area (Å²) in [5, 5.41) is 7.88. The molecule has 1 atom stereocenters. The van der Waals surface area contributed by atoms with E-state index in [1.807, 2.05) is 24.3 Å². The van der Waals surface area contributed by atoms with Gasteiger partial charge in [-0.25, -0.2) is 4.68 Å². The summed E-state index contributed by atoms with van der Waals surface area (Å²) in [5.74, 6) is 0.792. The summed E-state index contributed by atoms with van der Waals surface area (Å²) in [6.45, 7) is 0. The van der Waals surface area contributed by atoms with Gasteiger partial charge in [-0.2, -0.15) is 10.1 Å². The van der Waals surface area contributed by atoms with Crippen LogP contribution in [0.1, 0.15) is 5.50 Å². The lowest BCUT2D eigenvalue weighted by Gasteiger charge is -2.29. The number of carbonyl (C=O) groups excluding carboxylic acids is 1. The van der Waals surface area contributed by atoms with Crippen molar-refractivity contribution in [2.45, 2.75) is 5.50 Å². The molecule has 0 aliphatic carbocycles. The van der Waals surface area contributed by atoms with E-state index in [-0.39, 0.29) is 11.4 Å². The van der Waals surface area contributed by atoms with Gasteiger partial charge < -0.3 is 15.8 Å². The van der Waals surface area contributed by atoms with Gasteiger partial charge in [-0.3, -0.25) is 9.59 Å². The van der Waals surface area contributed by atoms with E-state index in [0.717, 1.165) is 11.3 Å². The van der Waals surface area contributed by atoms with Gasteiger partial charge in [0.15, 0.2) is 17.0 Å². The zero-order valence-corrected chi connectivity index (χ0v) is 15.8. The number of aromatic nitrogens is 3. The Bertz CT molecular complexity index is 1100. The van der Waals surface area contributed by atoms with Gasteiger partial charge in [-0.1, -0.05) is 12.1 Å². The summed E-state index contributed by atoms with van der Waals surface area (Å²) < 4.78 is 6.78. The molecule has 0 spiro atoms. The maximum Gasteiger partial charge on any atom is 0.300 e. The van der Waals surface area contributed by atoms with E-state index < -0.39 is 17.0 Å². The quantitative estimate of drug-likeness (QED) is 0.680. The highest BCUT2D eigenvalue weighted by atomic mass is 32.2. The molecule has 3 N–H and O–H groups in total. The number of nitrogens with two attached hydrogens (primary N) is 1. The molecule has 0 radical (unpaired) electrons. The van der Waals surface area contributed by atoms with Crippen LogP contribution >= 0.6 is 11.8 Å². The summed E-state index contributed by atoms with van der Waals surface area (Å²) >= 11 is 1.28. The second-order valence-electron chi connectivity index (χ2n) is 6.08. The fourth-order valence-corrected chi connectivity index (χ4v) is 3.77. The minimum Gasteiger partial charge on any atom is -0.497 e. The molecule has 1 amide bonds. The lowest BCUT2D eigenvalue weighted by molar-refractivity contribution is -0.115. The number of benzene rings is 2. The van der Waals surface area contributed by atoms with Gasteiger partial charge in [0.1, 0.15) is 5.75 Å². The number of thioether (sulfide) groups is 1. The first-order valence-electron chi connectivity index (χ1n) is 8.48. The van der Waals surface area contributed by atoms with Gasteiger partial charge in [0.2, 0.25) is 5.91 Å². The molecular formula is C19H17N5O3S. The van der Waals surface area contributed by atoms with Crippen LogP contribution in [-0.4, -0.2) is 33.5 Å². The predicted octanol–water partition coefficient (Wildman–Crippen LogP) is 2.08. The summed E-state index contributed by atoms with van der Waals surface area (Å²) in [7, 11) is 1.58. The van der Waals surface area contributed by atoms with Crippen LogP contribution in [0.3, 0.4) is 0 Å². The second-order valence-corrected chi connectivity index (χ2v) is 7.15. The van der Waals surface area contributed by atoms with Crippen molar-refractivity contribution in [2.75, 3.05) is 18.2 Å². The monoisotopic (exact) mass is 395 g/mol. The number of para-hydroxylation sites is 1. The molecule has 1 aliphatic heterocycles. The number of fused-ring (bicyclic) bond motifs is 3. The molecule has 142 valence electrons. The molecule has 3 aromatic rings. The molecule has 0 fully saturated rings. The fraction of sp³-hybridized carbons (Fsp3) is 0.158. The highest BCUT2D eigenvalue weighted by molar-refractivity contribution is 8.00. The number of ether oxygens (including phenoxy) is 1. The molecule has 1 aliphatic rings. The van der Waals surface area contributed by atoms with Crippen molar-refractivity contribution < 1.29 is 9.53 Å². The number of hydrogen-bond donors (Lipinski definition) is 2. The zero-order chi connectivity index (χ0) is 19.7. The van der Waals surface area contributed by atoms with Crippen LogP contribution in [0.15, 0.2) is 53.3 Å². The minimum absolute atomic E-state index is 0.102. The van der Waals surface area contributed by atoms with E-state index in [0.29, 0.717) is 17.1 Å². The highest BCUT2D eigenvalue weighted by Crippen LogP contribution is 2.38. The normalized spacial score (nSPS) is 14.5. The molecule has 4 rings (SSSR count). The molecule has 28 heavy (non-hydrogen) atoms. The Kier molecular flexibility index (Phi) is 4.74. The Balaban J connectivity index is 1.84. The number of primary amides is 1. The van der Waals surface area contributed by atoms with Gasteiger partial charge in [0.05, 0.1) is 12.9 Å². The molecule has 0 bridgehead atoms. The van der Waals surface area contributed by atoms with Crippen LogP contribution in [-0.2, 0) is 4.79 Å². The van der Waals surface area contributed by atoms with Crippen LogP contribution in [0.5, 0.6) is 5.75 Å². The number of amides is 1. The van der Waals surface area contributed by atoms with E-state index in [4.69, 9.17) is 10.5 Å². The molecule has 1 aromatic heterocycles. The third-order valence-corrected chi connectivity index (χ3v) is 5.34. The Morgan fingerprint density at radius 3 is 2.71 bits per heavy atom. The largest absolute Gasteiger partial charge is 0.497 e. The number of carbonyl (C=O) groups is 1. The summed E-state index contributed by atoms with van der Waals surface area (Å²) in [6, 6.07) is 14.5. The van der Waals surface area contributed by atoms with Gasteiger partial charge in [-0.15, -0.1) is 11.8 Å². The molecule has 0 saturated heterocycles. The maximum atomic E-state index is 12.7. The lowest BCUT2D eigenvalue weighted by Crippen LogP contribution is -2.30. The van der Waals surface area contributed by atoms with Gasteiger partial charge in [0, 0.05) is 16.8 Å². The van der Waals surface area contributed by atoms with Crippen LogP contribution in [0.25, 0.3) is 22.6 Å². The zero-order valence-electron chi connectivity index (χ0n) is 15.0. The molecular weight excluding hydrogens is 378 g/mol. The van der Waals surface area contributed by atoms with E-state index in [1.54, 1.807) is 36.1 Å². The average molecular weight is 395 g/mol. The SMILES string of the molecule is COc1ccc(-c2nn3c(nc2=O)-c2ccccc2N[C@@H]3SCC(N)=O)cc1. The average Bonchev–Trinajstić information content (AvgIpc) is 2.71. The Morgan fingerprint density at radius 1 is 1.25 bits per heavy atom. The summed E-state index contributed by atoms with van der Waals surface area (Å²) in [4.78, 5) is 28.3. The number of hydrogen-bond acceptors (Lipinski definition) is 7. The van der Waals surface area contributed by atoms with Crippen LogP contribution < -0.4 is 21.3 Å². The van der Waals surface area contributed by atoms with Crippen LogP contribution in [0.2, 0.25) is 0 Å². The molecule has 9 heteroatoms. The minimum atomic E-state index is -0.434. The molecule has 2 heterocycles. The van der Waals surface area contributed by atoms with Crippen molar-refractivity contribution in [1.29, 1.82) is 0 Å². The number of nitrogens with zero attached hydrogens (tertiary/aromatic N) is 3. The maximum absolute atomic E-state index is 12.7. The fourth-order valence-electron chi connectivity index (χ4n) is 2.95. The first-order chi connectivity index (χ1) is 13.6. The Hall–Kier alpha value is -3.33. The number of nitrogens with one attached hydrogen (secondary N) is 1. The van der Waals surface area contributed by atoms with Crippen LogP contribution in [0.4, 0.5) is 5.69 Å². The Labute approximate surface area is 164 Å². The van der Waals surface area contributed by atoms with Crippen molar-refractivity contribution >= 4 is 23.4 Å². The van der Waals surface area contributed by atoms with E-state index in [1.165, 1.54) is 11.8 Å². The number of anilines is 1. The smallest absolute Gasteiger partial charge is 0.300 e. The predicted molar refractivity (Wildman–Crippen MR) is 108 cm³/mol.